The van der Waals surface area contributed by atoms with Crippen LogP contribution in [0.25, 0.3) is 0 Å². The number of rotatable bonds is 5. The molecule has 0 atom stereocenters. The third kappa shape index (κ3) is 5.65. The van der Waals surface area contributed by atoms with Gasteiger partial charge in [0.2, 0.25) is 0 Å². The lowest BCUT2D eigenvalue weighted by Gasteiger charge is -2.38. The van der Waals surface area contributed by atoms with Crippen molar-refractivity contribution in [3.8, 4) is 0 Å². The van der Waals surface area contributed by atoms with Crippen LogP contribution in [0.3, 0.4) is 0 Å². The fraction of sp³-hybridized carbons (Fsp3) is 0.294. The van der Waals surface area contributed by atoms with Gasteiger partial charge in [-0.05, 0) is 117 Å². The highest BCUT2D eigenvalue weighted by Crippen LogP contribution is 2.39. The third-order valence-corrected chi connectivity index (χ3v) is 6.55. The molecule has 36 heavy (non-hydrogen) atoms. The maximum atomic E-state index is 2.42. The third-order valence-electron chi connectivity index (χ3n) is 6.55. The van der Waals surface area contributed by atoms with Gasteiger partial charge in [-0.15, -0.1) is 0 Å². The van der Waals surface area contributed by atoms with Crippen molar-refractivity contribution >= 4 is 28.4 Å². The molecular formula is C34H40N2. The summed E-state index contributed by atoms with van der Waals surface area (Å²) >= 11 is 0. The highest BCUT2D eigenvalue weighted by molar-refractivity contribution is 5.78. The van der Waals surface area contributed by atoms with E-state index in [1.54, 1.807) is 0 Å². The molecule has 0 N–H and O–H groups in total. The molecule has 4 aromatic rings. The van der Waals surface area contributed by atoms with Crippen molar-refractivity contribution < 1.29 is 0 Å². The first kappa shape index (κ1) is 25.6. The summed E-state index contributed by atoms with van der Waals surface area (Å²) in [6, 6.07) is 35.4. The first-order valence-corrected chi connectivity index (χ1v) is 12.9. The van der Waals surface area contributed by atoms with Gasteiger partial charge in [0.25, 0.3) is 0 Å². The van der Waals surface area contributed by atoms with E-state index >= 15 is 0 Å². The Morgan fingerprint density at radius 3 is 1.39 bits per heavy atom. The Labute approximate surface area is 218 Å². The second-order valence-electron chi connectivity index (χ2n) is 11.8. The van der Waals surface area contributed by atoms with Gasteiger partial charge in [0.15, 0.2) is 0 Å². The van der Waals surface area contributed by atoms with Crippen molar-refractivity contribution in [3.63, 3.8) is 0 Å². The molecule has 2 heteroatoms. The highest BCUT2D eigenvalue weighted by Gasteiger charge is 2.24. The highest BCUT2D eigenvalue weighted by atomic mass is 15.2. The minimum Gasteiger partial charge on any atom is -0.336 e. The lowest BCUT2D eigenvalue weighted by atomic mass is 9.87. The van der Waals surface area contributed by atoms with Crippen LogP contribution in [0, 0.1) is 13.8 Å². The van der Waals surface area contributed by atoms with E-state index in [2.05, 4.69) is 162 Å². The van der Waals surface area contributed by atoms with Gasteiger partial charge in [0.05, 0.1) is 0 Å². The summed E-state index contributed by atoms with van der Waals surface area (Å²) < 4.78 is 0. The number of hydrogen-bond acceptors (Lipinski definition) is 2. The molecule has 0 fully saturated rings. The molecule has 0 saturated heterocycles. The predicted molar refractivity (Wildman–Crippen MR) is 158 cm³/mol. The van der Waals surface area contributed by atoms with Crippen LogP contribution in [0.2, 0.25) is 0 Å². The zero-order valence-corrected chi connectivity index (χ0v) is 23.1. The van der Waals surface area contributed by atoms with E-state index in [1.807, 2.05) is 0 Å². The van der Waals surface area contributed by atoms with Gasteiger partial charge in [-0.3, -0.25) is 0 Å². The van der Waals surface area contributed by atoms with Crippen molar-refractivity contribution in [2.24, 2.45) is 0 Å². The monoisotopic (exact) mass is 476 g/mol. The van der Waals surface area contributed by atoms with E-state index < -0.39 is 0 Å². The van der Waals surface area contributed by atoms with Gasteiger partial charge in [-0.1, -0.05) is 57.2 Å². The summed E-state index contributed by atoms with van der Waals surface area (Å²) in [5, 5.41) is 0. The topological polar surface area (TPSA) is 6.48 Å². The van der Waals surface area contributed by atoms with Gasteiger partial charge in [0.1, 0.15) is 0 Å². The second kappa shape index (κ2) is 9.85. The van der Waals surface area contributed by atoms with Crippen LogP contribution in [0.5, 0.6) is 0 Å². The minimum atomic E-state index is -0.0612. The molecule has 4 aromatic carbocycles. The molecule has 0 aliphatic rings. The Morgan fingerprint density at radius 2 is 0.917 bits per heavy atom. The number of aryl methyl sites for hydroxylation is 2. The summed E-state index contributed by atoms with van der Waals surface area (Å²) in [5.74, 6) is 0. The van der Waals surface area contributed by atoms with Crippen LogP contribution in [-0.4, -0.2) is 5.54 Å². The van der Waals surface area contributed by atoms with Crippen LogP contribution in [0.15, 0.2) is 97.1 Å². The molecule has 186 valence electrons. The molecule has 0 aliphatic carbocycles. The molecule has 0 saturated carbocycles. The van der Waals surface area contributed by atoms with Crippen LogP contribution in [0.1, 0.15) is 58.2 Å². The molecule has 4 rings (SSSR count). The van der Waals surface area contributed by atoms with E-state index in [0.717, 1.165) is 17.1 Å². The minimum absolute atomic E-state index is 0.0612. The van der Waals surface area contributed by atoms with E-state index in [4.69, 9.17) is 0 Å². The molecular weight excluding hydrogens is 436 g/mol. The Bertz CT molecular complexity index is 1300. The molecule has 2 nitrogen and oxygen atoms in total. The summed E-state index contributed by atoms with van der Waals surface area (Å²) in [6.07, 6.45) is 0. The second-order valence-corrected chi connectivity index (χ2v) is 11.8. The largest absolute Gasteiger partial charge is 0.336 e. The van der Waals surface area contributed by atoms with Crippen LogP contribution in [-0.2, 0) is 5.41 Å². The van der Waals surface area contributed by atoms with Crippen molar-refractivity contribution in [2.75, 3.05) is 9.80 Å². The van der Waals surface area contributed by atoms with Crippen molar-refractivity contribution in [2.45, 2.75) is 66.3 Å². The zero-order valence-electron chi connectivity index (χ0n) is 23.1. The van der Waals surface area contributed by atoms with Crippen molar-refractivity contribution in [3.05, 3.63) is 114 Å². The quantitative estimate of drug-likeness (QED) is 0.283. The fourth-order valence-electron chi connectivity index (χ4n) is 4.77. The normalized spacial score (nSPS) is 11.9. The standard InChI is InChI=1S/C34H40N2/c1-25-11-9-13-31(23-25)35(28-17-15-27(16-18-28)33(3,4)5)29-19-21-30(22-20-29)36(34(6,7)8)32-14-10-12-26(2)24-32/h9-24H,1-8H3. The van der Waals surface area contributed by atoms with E-state index in [9.17, 15) is 0 Å². The summed E-state index contributed by atoms with van der Waals surface area (Å²) in [4.78, 5) is 4.76. The molecule has 0 radical (unpaired) electrons. The SMILES string of the molecule is Cc1cccc(N(c2ccc(N(c3cccc(C)c3)C(C)(C)C)cc2)c2ccc(C(C)(C)C)cc2)c1. The Morgan fingerprint density at radius 1 is 0.472 bits per heavy atom. The number of benzene rings is 4. The molecule has 0 spiro atoms. The summed E-state index contributed by atoms with van der Waals surface area (Å²) in [6.45, 7) is 17.9. The first-order valence-electron chi connectivity index (χ1n) is 12.9. The van der Waals surface area contributed by atoms with Crippen LogP contribution >= 0.6 is 0 Å². The van der Waals surface area contributed by atoms with Gasteiger partial charge in [-0.25, -0.2) is 0 Å². The molecule has 0 bridgehead atoms. The predicted octanol–water partition coefficient (Wildman–Crippen LogP) is 10.0. The molecule has 0 aromatic heterocycles. The summed E-state index contributed by atoms with van der Waals surface area (Å²) in [7, 11) is 0. The molecule has 0 aliphatic heterocycles. The van der Waals surface area contributed by atoms with Crippen LogP contribution in [0.4, 0.5) is 28.4 Å². The lowest BCUT2D eigenvalue weighted by molar-refractivity contribution is 0.560. The zero-order chi connectivity index (χ0) is 26.1. The van der Waals surface area contributed by atoms with Crippen molar-refractivity contribution in [1.82, 2.24) is 0 Å². The average Bonchev–Trinajstić information content (AvgIpc) is 2.79. The average molecular weight is 477 g/mol. The number of anilines is 5. The lowest BCUT2D eigenvalue weighted by Crippen LogP contribution is -2.37. The maximum absolute atomic E-state index is 2.42. The maximum Gasteiger partial charge on any atom is 0.0464 e. The fourth-order valence-corrected chi connectivity index (χ4v) is 4.77. The Kier molecular flexibility index (Phi) is 7.00. The van der Waals surface area contributed by atoms with Gasteiger partial charge in [-0.2, -0.15) is 0 Å². The smallest absolute Gasteiger partial charge is 0.0464 e. The van der Waals surface area contributed by atoms with Gasteiger partial charge < -0.3 is 9.80 Å². The Balaban J connectivity index is 1.78. The van der Waals surface area contributed by atoms with Crippen molar-refractivity contribution in [1.29, 1.82) is 0 Å². The van der Waals surface area contributed by atoms with Crippen LogP contribution < -0.4 is 9.80 Å². The first-order chi connectivity index (χ1) is 16.9. The molecule has 0 unspecified atom stereocenters. The van der Waals surface area contributed by atoms with E-state index in [-0.39, 0.29) is 11.0 Å². The summed E-state index contributed by atoms with van der Waals surface area (Å²) in [5.41, 5.74) is 9.78. The molecule has 0 heterocycles. The van der Waals surface area contributed by atoms with E-state index in [1.165, 1.54) is 28.1 Å². The number of hydrogen-bond donors (Lipinski definition) is 0. The van der Waals surface area contributed by atoms with Gasteiger partial charge >= 0.3 is 0 Å². The Hall–Kier alpha value is -3.52. The number of nitrogens with zero attached hydrogens (tertiary/aromatic N) is 2. The van der Waals surface area contributed by atoms with E-state index in [0.29, 0.717) is 0 Å². The van der Waals surface area contributed by atoms with Gasteiger partial charge in [0, 0.05) is 34.0 Å². The molecule has 0 amide bonds.